The number of benzene rings is 1. The molecule has 0 saturated heterocycles. The first kappa shape index (κ1) is 13.0. The van der Waals surface area contributed by atoms with Gasteiger partial charge in [0.2, 0.25) is 0 Å². The predicted octanol–water partition coefficient (Wildman–Crippen LogP) is 2.65. The second-order valence-corrected chi connectivity index (χ2v) is 4.91. The van der Waals surface area contributed by atoms with Crippen molar-refractivity contribution in [3.05, 3.63) is 34.6 Å². The van der Waals surface area contributed by atoms with Crippen LogP contribution in [0.25, 0.3) is 0 Å². The summed E-state index contributed by atoms with van der Waals surface area (Å²) in [7, 11) is 3.72. The first-order valence-electron chi connectivity index (χ1n) is 5.60. The number of hydrogen-bond donors (Lipinski definition) is 1. The van der Waals surface area contributed by atoms with E-state index in [0.717, 1.165) is 15.8 Å². The maximum absolute atomic E-state index is 5.72. The van der Waals surface area contributed by atoms with E-state index in [2.05, 4.69) is 38.3 Å². The van der Waals surface area contributed by atoms with E-state index < -0.39 is 0 Å². The van der Waals surface area contributed by atoms with Crippen molar-refractivity contribution in [2.24, 2.45) is 7.05 Å². The van der Waals surface area contributed by atoms with Gasteiger partial charge >= 0.3 is 6.01 Å². The molecule has 0 aliphatic heterocycles. The van der Waals surface area contributed by atoms with Crippen molar-refractivity contribution in [1.82, 2.24) is 20.1 Å². The van der Waals surface area contributed by atoms with Crippen LogP contribution >= 0.6 is 15.9 Å². The summed E-state index contributed by atoms with van der Waals surface area (Å²) >= 11 is 3.44. The van der Waals surface area contributed by atoms with Gasteiger partial charge in [-0.25, -0.2) is 0 Å². The number of aryl methyl sites for hydroxylation is 1. The molecule has 0 aliphatic rings. The highest BCUT2D eigenvalue weighted by Gasteiger charge is 2.13. The lowest BCUT2D eigenvalue weighted by Gasteiger charge is -2.15. The maximum atomic E-state index is 5.72. The van der Waals surface area contributed by atoms with Gasteiger partial charge in [0.25, 0.3) is 0 Å². The fraction of sp³-hybridized carbons (Fsp3) is 0.333. The number of hydrogen-bond acceptors (Lipinski definition) is 4. The number of ether oxygens (including phenoxy) is 1. The Bertz CT molecular complexity index is 541. The van der Waals surface area contributed by atoms with Crippen LogP contribution in [0.15, 0.2) is 29.0 Å². The van der Waals surface area contributed by atoms with Gasteiger partial charge in [-0.1, -0.05) is 22.0 Å². The Balaban J connectivity index is 2.33. The number of halogens is 1. The summed E-state index contributed by atoms with van der Waals surface area (Å²) in [6, 6.07) is 6.46. The average Bonchev–Trinajstić information content (AvgIpc) is 2.74. The third-order valence-corrected chi connectivity index (χ3v) is 3.15. The zero-order chi connectivity index (χ0) is 13.1. The van der Waals surface area contributed by atoms with Crippen molar-refractivity contribution < 1.29 is 4.74 Å². The topological polar surface area (TPSA) is 52.0 Å². The average molecular weight is 311 g/mol. The van der Waals surface area contributed by atoms with Crippen molar-refractivity contribution >= 4 is 15.9 Å². The lowest BCUT2D eigenvalue weighted by Crippen LogP contribution is -2.13. The lowest BCUT2D eigenvalue weighted by atomic mass is 10.1. The SMILES string of the molecule is CNC(C)c1ccc(Br)cc1Oc1ncn(C)n1. The molecule has 5 nitrogen and oxygen atoms in total. The monoisotopic (exact) mass is 310 g/mol. The van der Waals surface area contributed by atoms with Gasteiger partial charge in [0.05, 0.1) is 0 Å². The molecule has 1 N–H and O–H groups in total. The molecule has 0 aliphatic carbocycles. The Labute approximate surface area is 114 Å². The van der Waals surface area contributed by atoms with Gasteiger partial charge < -0.3 is 10.1 Å². The molecule has 1 unspecified atom stereocenters. The molecule has 6 heteroatoms. The lowest BCUT2D eigenvalue weighted by molar-refractivity contribution is 0.427. The highest BCUT2D eigenvalue weighted by atomic mass is 79.9. The summed E-state index contributed by atoms with van der Waals surface area (Å²) in [6.45, 7) is 2.07. The highest BCUT2D eigenvalue weighted by molar-refractivity contribution is 9.10. The molecule has 1 aromatic heterocycles. The predicted molar refractivity (Wildman–Crippen MR) is 72.7 cm³/mol. The summed E-state index contributed by atoms with van der Waals surface area (Å²) in [5.41, 5.74) is 1.06. The largest absolute Gasteiger partial charge is 0.423 e. The standard InChI is InChI=1S/C12H15BrN4O/c1-8(14-2)10-5-4-9(13)6-11(10)18-12-15-7-17(3)16-12/h4-8,14H,1-3H3. The van der Waals surface area contributed by atoms with Gasteiger partial charge in [0.15, 0.2) is 0 Å². The van der Waals surface area contributed by atoms with Crippen molar-refractivity contribution in [1.29, 1.82) is 0 Å². The molecule has 1 atom stereocenters. The number of nitrogens with zero attached hydrogens (tertiary/aromatic N) is 3. The maximum Gasteiger partial charge on any atom is 0.340 e. The molecule has 0 radical (unpaired) electrons. The molecule has 0 bridgehead atoms. The minimum absolute atomic E-state index is 0.191. The van der Waals surface area contributed by atoms with Crippen LogP contribution in [0.1, 0.15) is 18.5 Å². The zero-order valence-electron chi connectivity index (χ0n) is 10.5. The van der Waals surface area contributed by atoms with Crippen molar-refractivity contribution in [2.45, 2.75) is 13.0 Å². The Morgan fingerprint density at radius 2 is 2.22 bits per heavy atom. The fourth-order valence-electron chi connectivity index (χ4n) is 1.57. The van der Waals surface area contributed by atoms with Crippen molar-refractivity contribution in [3.63, 3.8) is 0 Å². The van der Waals surface area contributed by atoms with Gasteiger partial charge in [-0.3, -0.25) is 4.68 Å². The van der Waals surface area contributed by atoms with E-state index in [4.69, 9.17) is 4.74 Å². The van der Waals surface area contributed by atoms with E-state index in [1.165, 1.54) is 0 Å². The molecule has 0 fully saturated rings. The van der Waals surface area contributed by atoms with Gasteiger partial charge in [0.1, 0.15) is 12.1 Å². The van der Waals surface area contributed by atoms with Crippen LogP contribution in [0.5, 0.6) is 11.8 Å². The third-order valence-electron chi connectivity index (χ3n) is 2.65. The molecule has 0 saturated carbocycles. The zero-order valence-corrected chi connectivity index (χ0v) is 12.1. The molecule has 2 rings (SSSR count). The van der Waals surface area contributed by atoms with Gasteiger partial charge in [-0.05, 0) is 26.1 Å². The first-order chi connectivity index (χ1) is 8.60. The van der Waals surface area contributed by atoms with E-state index in [1.54, 1.807) is 18.1 Å². The highest BCUT2D eigenvalue weighted by Crippen LogP contribution is 2.30. The summed E-state index contributed by atoms with van der Waals surface area (Å²) in [4.78, 5) is 4.06. The van der Waals surface area contributed by atoms with E-state index in [9.17, 15) is 0 Å². The Morgan fingerprint density at radius 1 is 1.44 bits per heavy atom. The number of rotatable bonds is 4. The minimum atomic E-state index is 0.191. The van der Waals surface area contributed by atoms with Gasteiger partial charge in [-0.2, -0.15) is 4.98 Å². The van der Waals surface area contributed by atoms with E-state index in [-0.39, 0.29) is 6.04 Å². The van der Waals surface area contributed by atoms with Crippen LogP contribution < -0.4 is 10.1 Å². The Morgan fingerprint density at radius 3 is 2.83 bits per heavy atom. The summed E-state index contributed by atoms with van der Waals surface area (Å²) in [5.74, 6) is 0.748. The van der Waals surface area contributed by atoms with Crippen LogP contribution in [0, 0.1) is 0 Å². The van der Waals surface area contributed by atoms with E-state index in [0.29, 0.717) is 6.01 Å². The molecular formula is C12H15BrN4O. The third kappa shape index (κ3) is 2.88. The molecule has 1 heterocycles. The molecule has 18 heavy (non-hydrogen) atoms. The normalized spacial score (nSPS) is 12.4. The van der Waals surface area contributed by atoms with Gasteiger partial charge in [0, 0.05) is 23.1 Å². The van der Waals surface area contributed by atoms with Crippen LogP contribution in [0.3, 0.4) is 0 Å². The van der Waals surface area contributed by atoms with Crippen LogP contribution in [-0.4, -0.2) is 21.8 Å². The summed E-state index contributed by atoms with van der Waals surface area (Å²) < 4.78 is 8.29. The van der Waals surface area contributed by atoms with E-state index in [1.807, 2.05) is 25.2 Å². The van der Waals surface area contributed by atoms with Crippen LogP contribution in [0.4, 0.5) is 0 Å². The molecule has 0 amide bonds. The minimum Gasteiger partial charge on any atom is -0.423 e. The molecule has 2 aromatic rings. The van der Waals surface area contributed by atoms with Crippen molar-refractivity contribution in [2.75, 3.05) is 7.05 Å². The Kier molecular flexibility index (Phi) is 3.98. The molecule has 96 valence electrons. The first-order valence-corrected chi connectivity index (χ1v) is 6.39. The second-order valence-electron chi connectivity index (χ2n) is 4.00. The van der Waals surface area contributed by atoms with Gasteiger partial charge in [-0.15, -0.1) is 5.10 Å². The summed E-state index contributed by atoms with van der Waals surface area (Å²) in [5, 5.41) is 7.30. The van der Waals surface area contributed by atoms with Crippen LogP contribution in [-0.2, 0) is 7.05 Å². The van der Waals surface area contributed by atoms with Crippen LogP contribution in [0.2, 0.25) is 0 Å². The quantitative estimate of drug-likeness (QED) is 0.943. The van der Waals surface area contributed by atoms with Crippen molar-refractivity contribution in [3.8, 4) is 11.8 Å². The summed E-state index contributed by atoms with van der Waals surface area (Å²) in [6.07, 6.45) is 1.61. The Hall–Kier alpha value is -1.40. The molecule has 0 spiro atoms. The fourth-order valence-corrected chi connectivity index (χ4v) is 1.91. The number of nitrogens with one attached hydrogen (secondary N) is 1. The smallest absolute Gasteiger partial charge is 0.340 e. The number of aromatic nitrogens is 3. The van der Waals surface area contributed by atoms with E-state index >= 15 is 0 Å². The molecular weight excluding hydrogens is 296 g/mol. The second kappa shape index (κ2) is 5.49. The molecule has 1 aromatic carbocycles.